The molecule has 0 aromatic heterocycles. The Hall–Kier alpha value is -2.22. The second-order valence-electron chi connectivity index (χ2n) is 13.2. The number of aryl methyl sites for hydroxylation is 4. The standard InChI is InChI=1S/C22H25.C19H19.2CH3.2ClH.Si.Zr/c1-15(2)18-13-17-7-6-8-20(21(17)14-18)16-9-11-19(12-10-16)22(3,4)5;1-12-5-6-14(3)17(9-12)16-8-7-15(4)18-10-13(2)11-19(16)18;;;;;;/h6-15H,1-5H3;5-11H,1-4H3;2*1H3;2*1H;;/q4*-1;;;;. The summed E-state index contributed by atoms with van der Waals surface area (Å²) in [5.41, 5.74) is 13.7. The van der Waals surface area contributed by atoms with Gasteiger partial charge < -0.3 is 14.9 Å². The molecule has 0 spiro atoms. The second-order valence-corrected chi connectivity index (χ2v) is 13.2. The second kappa shape index (κ2) is 19.1. The van der Waals surface area contributed by atoms with Crippen LogP contribution in [0.2, 0.25) is 0 Å². The summed E-state index contributed by atoms with van der Waals surface area (Å²) in [4.78, 5) is 0. The van der Waals surface area contributed by atoms with Crippen LogP contribution in [0.5, 0.6) is 0 Å². The van der Waals surface area contributed by atoms with Crippen molar-refractivity contribution in [2.24, 2.45) is 0 Å². The molecule has 0 N–H and O–H groups in total. The molecule has 0 atom stereocenters. The van der Waals surface area contributed by atoms with E-state index in [1.165, 1.54) is 101 Å². The summed E-state index contributed by atoms with van der Waals surface area (Å²) < 4.78 is 0. The van der Waals surface area contributed by atoms with Crippen molar-refractivity contribution in [2.75, 3.05) is 0 Å². The first-order chi connectivity index (χ1) is 20.4. The van der Waals surface area contributed by atoms with E-state index in [2.05, 4.69) is 166 Å². The monoisotopic (exact) mass is 756 g/mol. The first-order valence-electron chi connectivity index (χ1n) is 15.2. The molecule has 0 aliphatic carbocycles. The van der Waals surface area contributed by atoms with Gasteiger partial charge in [0.25, 0.3) is 0 Å². The Morgan fingerprint density at radius 1 is 0.638 bits per heavy atom. The third kappa shape index (κ3) is 10.4. The van der Waals surface area contributed by atoms with E-state index in [9.17, 15) is 0 Å². The molecule has 250 valence electrons. The van der Waals surface area contributed by atoms with Crippen LogP contribution in [0.1, 0.15) is 73.9 Å². The van der Waals surface area contributed by atoms with Crippen LogP contribution in [0.25, 0.3) is 43.8 Å². The molecule has 6 aromatic rings. The van der Waals surface area contributed by atoms with Crippen molar-refractivity contribution in [1.29, 1.82) is 0 Å². The SMILES string of the molecule is CC(C)c1cc2c(-c3ccc(C(C)(C)C)cc3)cccc2[cH-]1.Cc1ccc(C)c(-c2ccc(C)c3[cH-]c(C)cc23)c1.Cl.Cl.[CH3-].[CH3-].[Si]=[Zr]. The molecule has 0 nitrogen and oxygen atoms in total. The minimum absolute atomic E-state index is 0. The van der Waals surface area contributed by atoms with Crippen LogP contribution in [0.4, 0.5) is 0 Å². The summed E-state index contributed by atoms with van der Waals surface area (Å²) >= 11 is 1.36. The van der Waals surface area contributed by atoms with Crippen LogP contribution < -0.4 is 0 Å². The maximum atomic E-state index is 3.06. The van der Waals surface area contributed by atoms with E-state index in [1.54, 1.807) is 0 Å². The molecule has 0 fully saturated rings. The van der Waals surface area contributed by atoms with Gasteiger partial charge in [-0.1, -0.05) is 120 Å². The summed E-state index contributed by atoms with van der Waals surface area (Å²) in [6, 6.07) is 36.1. The summed E-state index contributed by atoms with van der Waals surface area (Å²) in [5.74, 6) is 0.573. The Kier molecular flexibility index (Phi) is 18.2. The van der Waals surface area contributed by atoms with E-state index in [1.807, 2.05) is 0 Å². The third-order valence-electron chi connectivity index (χ3n) is 8.43. The molecule has 6 rings (SSSR count). The molecule has 0 bridgehead atoms. The van der Waals surface area contributed by atoms with Crippen LogP contribution in [0, 0.1) is 42.5 Å². The van der Waals surface area contributed by atoms with Crippen LogP contribution in [-0.4, -0.2) is 6.88 Å². The van der Waals surface area contributed by atoms with Gasteiger partial charge in [-0.05, 0) is 47.4 Å². The predicted octanol–water partition coefficient (Wildman–Crippen LogP) is 13.5. The summed E-state index contributed by atoms with van der Waals surface area (Å²) in [6.07, 6.45) is 0. The van der Waals surface area contributed by atoms with Gasteiger partial charge in [-0.2, -0.15) is 12.1 Å². The normalized spacial score (nSPS) is 10.3. The molecule has 0 aliphatic heterocycles. The van der Waals surface area contributed by atoms with E-state index < -0.39 is 0 Å². The first kappa shape index (κ1) is 44.8. The fourth-order valence-corrected chi connectivity index (χ4v) is 5.84. The zero-order valence-electron chi connectivity index (χ0n) is 30.1. The van der Waals surface area contributed by atoms with Gasteiger partial charge in [-0.3, -0.25) is 0 Å². The van der Waals surface area contributed by atoms with Crippen molar-refractivity contribution in [3.05, 3.63) is 145 Å². The summed E-state index contributed by atoms with van der Waals surface area (Å²) in [7, 11) is 0. The molecule has 0 unspecified atom stereocenters. The molecular weight excluding hydrogens is 707 g/mol. The zero-order valence-corrected chi connectivity index (χ0v) is 35.2. The Labute approximate surface area is 315 Å². The van der Waals surface area contributed by atoms with Crippen molar-refractivity contribution in [1.82, 2.24) is 0 Å². The van der Waals surface area contributed by atoms with Crippen LogP contribution in [-0.2, 0) is 28.8 Å². The maximum absolute atomic E-state index is 3.06. The van der Waals surface area contributed by atoms with E-state index in [4.69, 9.17) is 0 Å². The van der Waals surface area contributed by atoms with Gasteiger partial charge >= 0.3 is 30.2 Å². The minimum atomic E-state index is 0. The first-order valence-corrected chi connectivity index (χ1v) is 19.4. The zero-order chi connectivity index (χ0) is 31.5. The third-order valence-corrected chi connectivity index (χ3v) is 8.43. The van der Waals surface area contributed by atoms with Crippen molar-refractivity contribution >= 4 is 53.2 Å². The van der Waals surface area contributed by atoms with Gasteiger partial charge in [-0.25, -0.2) is 0 Å². The topological polar surface area (TPSA) is 0 Å². The summed E-state index contributed by atoms with van der Waals surface area (Å²) in [6.45, 7) is 23.1. The molecule has 2 radical (unpaired) electrons. The molecule has 0 heterocycles. The molecule has 0 saturated carbocycles. The average Bonchev–Trinajstić information content (AvgIpc) is 3.60. The Morgan fingerprint density at radius 2 is 1.26 bits per heavy atom. The van der Waals surface area contributed by atoms with Gasteiger partial charge in [-0.15, -0.1) is 93.4 Å². The van der Waals surface area contributed by atoms with Gasteiger partial charge in [0.1, 0.15) is 0 Å². The Bertz CT molecular complexity index is 1850. The number of hydrogen-bond acceptors (Lipinski definition) is 0. The number of fused-ring (bicyclic) bond motifs is 2. The van der Waals surface area contributed by atoms with E-state index in [0.717, 1.165) is 0 Å². The molecule has 0 aliphatic rings. The number of rotatable bonds is 3. The average molecular weight is 759 g/mol. The quantitative estimate of drug-likeness (QED) is 0.125. The molecule has 47 heavy (non-hydrogen) atoms. The predicted molar refractivity (Wildman–Crippen MR) is 215 cm³/mol. The van der Waals surface area contributed by atoms with Crippen molar-refractivity contribution in [2.45, 2.75) is 73.6 Å². The molecule has 0 saturated heterocycles. The van der Waals surface area contributed by atoms with Gasteiger partial charge in [0.2, 0.25) is 0 Å². The fraction of sp³-hybridized carbons (Fsp3) is 0.256. The number of hydrogen-bond donors (Lipinski definition) is 0. The van der Waals surface area contributed by atoms with Crippen LogP contribution in [0.15, 0.2) is 97.1 Å². The Balaban J connectivity index is 0.000000797. The van der Waals surface area contributed by atoms with Crippen molar-refractivity contribution < 1.29 is 23.3 Å². The van der Waals surface area contributed by atoms with Crippen LogP contribution >= 0.6 is 24.8 Å². The van der Waals surface area contributed by atoms with Gasteiger partial charge in [0, 0.05) is 0 Å². The molecule has 0 amide bonds. The van der Waals surface area contributed by atoms with E-state index >= 15 is 0 Å². The summed E-state index contributed by atoms with van der Waals surface area (Å²) in [5, 5.41) is 5.48. The molecule has 4 heteroatoms. The van der Waals surface area contributed by atoms with E-state index in [0.29, 0.717) is 5.92 Å². The van der Waals surface area contributed by atoms with Crippen LogP contribution in [0.3, 0.4) is 0 Å². The van der Waals surface area contributed by atoms with Crippen molar-refractivity contribution in [3.8, 4) is 22.3 Å². The van der Waals surface area contributed by atoms with E-state index in [-0.39, 0.29) is 45.1 Å². The van der Waals surface area contributed by atoms with Gasteiger partial charge in [0.05, 0.1) is 0 Å². The van der Waals surface area contributed by atoms with Crippen molar-refractivity contribution in [3.63, 3.8) is 0 Å². The fourth-order valence-electron chi connectivity index (χ4n) is 5.84. The number of benzene rings is 4. The Morgan fingerprint density at radius 3 is 1.85 bits per heavy atom. The molecule has 6 aromatic carbocycles. The van der Waals surface area contributed by atoms with Gasteiger partial charge in [0.15, 0.2) is 0 Å². The number of halogens is 2. The molecular formula is C43H52Cl2SiZr-4.